The predicted octanol–water partition coefficient (Wildman–Crippen LogP) is 1.49. The molecule has 1 rings (SSSR count). The molecule has 0 saturated heterocycles. The molecule has 3 heteroatoms. The third-order valence-electron chi connectivity index (χ3n) is 1.30. The Morgan fingerprint density at radius 1 is 1.40 bits per heavy atom. The zero-order chi connectivity index (χ0) is 7.56. The van der Waals surface area contributed by atoms with Crippen molar-refractivity contribution in [1.82, 2.24) is 0 Å². The van der Waals surface area contributed by atoms with Crippen LogP contribution in [0, 0.1) is 0 Å². The maximum atomic E-state index is 5.56. The summed E-state index contributed by atoms with van der Waals surface area (Å²) in [6.07, 6.45) is 0. The molecule has 0 atom stereocenters. The fourth-order valence-corrected chi connectivity index (χ4v) is 1.12. The lowest BCUT2D eigenvalue weighted by atomic mass is 10.2. The Kier molecular flexibility index (Phi) is 2.29. The van der Waals surface area contributed by atoms with Crippen LogP contribution in [0.25, 0.3) is 0 Å². The van der Waals surface area contributed by atoms with Gasteiger partial charge in [0.05, 0.1) is 0 Å². The van der Waals surface area contributed by atoms with Crippen molar-refractivity contribution in [1.29, 1.82) is 0 Å². The monoisotopic (exact) mass is 200 g/mol. The van der Waals surface area contributed by atoms with Gasteiger partial charge in [-0.25, -0.2) is 0 Å². The molecule has 4 N–H and O–H groups in total. The van der Waals surface area contributed by atoms with E-state index in [9.17, 15) is 0 Å². The van der Waals surface area contributed by atoms with Gasteiger partial charge in [0.2, 0.25) is 0 Å². The highest BCUT2D eigenvalue weighted by Crippen LogP contribution is 2.19. The Balaban J connectivity index is 3.04. The molecule has 1 aromatic carbocycles. The molecule has 0 radical (unpaired) electrons. The first-order chi connectivity index (χ1) is 4.74. The summed E-state index contributed by atoms with van der Waals surface area (Å²) in [5.41, 5.74) is 12.8. The molecule has 0 spiro atoms. The van der Waals surface area contributed by atoms with Crippen molar-refractivity contribution >= 4 is 21.6 Å². The quantitative estimate of drug-likeness (QED) is 0.676. The van der Waals surface area contributed by atoms with Crippen LogP contribution in [0.4, 0.5) is 5.69 Å². The Bertz CT molecular complexity index is 235. The van der Waals surface area contributed by atoms with Crippen molar-refractivity contribution in [2.75, 3.05) is 5.73 Å². The van der Waals surface area contributed by atoms with Gasteiger partial charge in [-0.1, -0.05) is 6.07 Å². The van der Waals surface area contributed by atoms with Gasteiger partial charge in [0.1, 0.15) is 0 Å². The van der Waals surface area contributed by atoms with Gasteiger partial charge in [-0.15, -0.1) is 0 Å². The average molecular weight is 201 g/mol. The largest absolute Gasteiger partial charge is 0.398 e. The van der Waals surface area contributed by atoms with Crippen LogP contribution in [-0.4, -0.2) is 0 Å². The molecule has 1 aromatic rings. The summed E-state index contributed by atoms with van der Waals surface area (Å²) in [5, 5.41) is 0. The van der Waals surface area contributed by atoms with E-state index in [1.54, 1.807) is 0 Å². The molecule has 0 unspecified atom stereocenters. The maximum Gasteiger partial charge on any atom is 0.0458 e. The van der Waals surface area contributed by atoms with Gasteiger partial charge in [0.15, 0.2) is 0 Å². The van der Waals surface area contributed by atoms with Crippen LogP contribution in [0.1, 0.15) is 5.56 Å². The topological polar surface area (TPSA) is 52.0 Å². The van der Waals surface area contributed by atoms with E-state index in [4.69, 9.17) is 11.5 Å². The Morgan fingerprint density at radius 2 is 2.10 bits per heavy atom. The molecule has 0 fully saturated rings. The molecule has 10 heavy (non-hydrogen) atoms. The van der Waals surface area contributed by atoms with Gasteiger partial charge in [0, 0.05) is 16.7 Å². The molecule has 0 aliphatic rings. The highest BCUT2D eigenvalue weighted by Gasteiger charge is 1.94. The van der Waals surface area contributed by atoms with Gasteiger partial charge in [-0.05, 0) is 33.6 Å². The second-order valence-electron chi connectivity index (χ2n) is 2.06. The van der Waals surface area contributed by atoms with E-state index in [0.29, 0.717) is 6.54 Å². The minimum Gasteiger partial charge on any atom is -0.398 e. The number of anilines is 1. The first-order valence-corrected chi connectivity index (χ1v) is 3.77. The summed E-state index contributed by atoms with van der Waals surface area (Å²) in [4.78, 5) is 0. The number of hydrogen-bond acceptors (Lipinski definition) is 2. The maximum absolute atomic E-state index is 5.56. The highest BCUT2D eigenvalue weighted by atomic mass is 79.9. The predicted molar refractivity (Wildman–Crippen MR) is 46.4 cm³/mol. The fourth-order valence-electron chi connectivity index (χ4n) is 0.698. The third-order valence-corrected chi connectivity index (χ3v) is 1.99. The highest BCUT2D eigenvalue weighted by molar-refractivity contribution is 9.10. The minimum atomic E-state index is 0.554. The lowest BCUT2D eigenvalue weighted by Gasteiger charge is -1.99. The number of hydrogen-bond donors (Lipinski definition) is 2. The molecular weight excluding hydrogens is 192 g/mol. The van der Waals surface area contributed by atoms with Crippen LogP contribution in [0.2, 0.25) is 0 Å². The second kappa shape index (κ2) is 3.03. The van der Waals surface area contributed by atoms with Crippen LogP contribution in [0.15, 0.2) is 22.7 Å². The van der Waals surface area contributed by atoms with E-state index < -0.39 is 0 Å². The van der Waals surface area contributed by atoms with Crippen molar-refractivity contribution in [2.24, 2.45) is 5.73 Å². The van der Waals surface area contributed by atoms with Crippen molar-refractivity contribution in [3.8, 4) is 0 Å². The van der Waals surface area contributed by atoms with Crippen molar-refractivity contribution < 1.29 is 0 Å². The van der Waals surface area contributed by atoms with Crippen molar-refractivity contribution in [2.45, 2.75) is 6.54 Å². The average Bonchev–Trinajstić information content (AvgIpc) is 1.95. The fraction of sp³-hybridized carbons (Fsp3) is 0.143. The molecule has 0 heterocycles. The Hall–Kier alpha value is -0.540. The third kappa shape index (κ3) is 1.49. The van der Waals surface area contributed by atoms with Gasteiger partial charge in [-0.3, -0.25) is 0 Å². The lowest BCUT2D eigenvalue weighted by molar-refractivity contribution is 1.07. The lowest BCUT2D eigenvalue weighted by Crippen LogP contribution is -1.96. The van der Waals surface area contributed by atoms with Gasteiger partial charge >= 0.3 is 0 Å². The van der Waals surface area contributed by atoms with Crippen LogP contribution in [0.5, 0.6) is 0 Å². The summed E-state index contributed by atoms with van der Waals surface area (Å²) in [7, 11) is 0. The van der Waals surface area contributed by atoms with E-state index >= 15 is 0 Å². The zero-order valence-electron chi connectivity index (χ0n) is 5.47. The molecule has 2 nitrogen and oxygen atoms in total. The van der Waals surface area contributed by atoms with E-state index in [-0.39, 0.29) is 0 Å². The van der Waals surface area contributed by atoms with E-state index in [2.05, 4.69) is 15.9 Å². The summed E-state index contributed by atoms with van der Waals surface area (Å²) in [6.45, 7) is 0.554. The van der Waals surface area contributed by atoms with Crippen LogP contribution in [0.3, 0.4) is 0 Å². The van der Waals surface area contributed by atoms with Crippen LogP contribution < -0.4 is 11.5 Å². The molecule has 0 aliphatic heterocycles. The number of nitrogen functional groups attached to an aromatic ring is 1. The van der Waals surface area contributed by atoms with Crippen molar-refractivity contribution in [3.05, 3.63) is 28.2 Å². The summed E-state index contributed by atoms with van der Waals surface area (Å²) < 4.78 is 0.912. The minimum absolute atomic E-state index is 0.554. The van der Waals surface area contributed by atoms with Gasteiger partial charge in [0.25, 0.3) is 0 Å². The van der Waals surface area contributed by atoms with Gasteiger partial charge < -0.3 is 11.5 Å². The van der Waals surface area contributed by atoms with E-state index in [1.807, 2.05) is 18.2 Å². The number of nitrogens with two attached hydrogens (primary N) is 2. The van der Waals surface area contributed by atoms with E-state index in [1.165, 1.54) is 0 Å². The Morgan fingerprint density at radius 3 is 2.60 bits per heavy atom. The molecule has 0 amide bonds. The first-order valence-electron chi connectivity index (χ1n) is 2.98. The normalized spacial score (nSPS) is 9.80. The van der Waals surface area contributed by atoms with Crippen molar-refractivity contribution in [3.63, 3.8) is 0 Å². The van der Waals surface area contributed by atoms with Gasteiger partial charge in [-0.2, -0.15) is 0 Å². The second-order valence-corrected chi connectivity index (χ2v) is 2.91. The molecule has 54 valence electrons. The first kappa shape index (κ1) is 7.57. The SMILES string of the molecule is NCc1ccc(N)c(Br)c1. The molecular formula is C7H9BrN2. The number of rotatable bonds is 1. The Labute approximate surface area is 68.3 Å². The summed E-state index contributed by atoms with van der Waals surface area (Å²) in [5.74, 6) is 0. The standard InChI is InChI=1S/C7H9BrN2/c8-6-3-5(4-9)1-2-7(6)10/h1-3H,4,9-10H2. The smallest absolute Gasteiger partial charge is 0.0458 e. The zero-order valence-corrected chi connectivity index (χ0v) is 7.06. The molecule has 0 aliphatic carbocycles. The molecule has 0 bridgehead atoms. The summed E-state index contributed by atoms with van der Waals surface area (Å²) >= 11 is 3.31. The summed E-state index contributed by atoms with van der Waals surface area (Å²) in [6, 6.07) is 5.68. The van der Waals surface area contributed by atoms with E-state index in [0.717, 1.165) is 15.7 Å². The number of benzene rings is 1. The number of halogens is 1. The van der Waals surface area contributed by atoms with Crippen LogP contribution >= 0.6 is 15.9 Å². The molecule has 0 aromatic heterocycles. The molecule has 0 saturated carbocycles. The van der Waals surface area contributed by atoms with Crippen LogP contribution in [-0.2, 0) is 6.54 Å².